The van der Waals surface area contributed by atoms with E-state index in [1.807, 2.05) is 85.8 Å². The second-order valence-electron chi connectivity index (χ2n) is 7.33. The summed E-state index contributed by atoms with van der Waals surface area (Å²) in [4.78, 5) is 31.5. The number of nitrogens with one attached hydrogen (secondary N) is 1. The van der Waals surface area contributed by atoms with Crippen molar-refractivity contribution in [3.05, 3.63) is 94.9 Å². The molecule has 2 aromatic heterocycles. The van der Waals surface area contributed by atoms with Crippen molar-refractivity contribution in [3.63, 3.8) is 0 Å². The van der Waals surface area contributed by atoms with Crippen LogP contribution in [0.5, 0.6) is 0 Å². The number of amides is 1. The van der Waals surface area contributed by atoms with Gasteiger partial charge in [0.2, 0.25) is 5.91 Å². The third-order valence-corrected chi connectivity index (χ3v) is 5.94. The summed E-state index contributed by atoms with van der Waals surface area (Å²) in [5, 5.41) is 7.89. The molecule has 0 spiro atoms. The van der Waals surface area contributed by atoms with Crippen LogP contribution in [0.1, 0.15) is 5.56 Å². The van der Waals surface area contributed by atoms with Crippen LogP contribution in [0.25, 0.3) is 16.7 Å². The molecule has 0 atom stereocenters. The summed E-state index contributed by atoms with van der Waals surface area (Å²) in [7, 11) is 0. The van der Waals surface area contributed by atoms with E-state index in [1.165, 1.54) is 20.8 Å². The molecule has 0 aliphatic rings. The Morgan fingerprint density at radius 1 is 0.969 bits per heavy atom. The maximum atomic E-state index is 13.2. The summed E-state index contributed by atoms with van der Waals surface area (Å²) in [5.74, 6) is -0.325. The van der Waals surface area contributed by atoms with Crippen molar-refractivity contribution in [2.45, 2.75) is 23.4 Å². The fraction of sp³-hybridized carbons (Fsp3) is 0.0833. The van der Waals surface area contributed by atoms with E-state index < -0.39 is 0 Å². The van der Waals surface area contributed by atoms with Crippen LogP contribution in [-0.4, -0.2) is 25.1 Å². The highest BCUT2D eigenvalue weighted by Crippen LogP contribution is 2.30. The molecule has 8 heteroatoms. The SMILES string of the molecule is Cc1ccc(NC(=O)Cn2nc3c(Sc4ccccc4)nc4ccccc4n3c2=O)cc1. The van der Waals surface area contributed by atoms with Crippen LogP contribution < -0.4 is 11.0 Å². The summed E-state index contributed by atoms with van der Waals surface area (Å²) < 4.78 is 2.70. The van der Waals surface area contributed by atoms with Gasteiger partial charge in [0.1, 0.15) is 11.6 Å². The molecule has 5 rings (SSSR count). The first kappa shape index (κ1) is 20.0. The minimum absolute atomic E-state index is 0.196. The van der Waals surface area contributed by atoms with E-state index in [9.17, 15) is 9.59 Å². The number of fused-ring (bicyclic) bond motifs is 3. The van der Waals surface area contributed by atoms with E-state index in [4.69, 9.17) is 4.98 Å². The van der Waals surface area contributed by atoms with Gasteiger partial charge in [-0.2, -0.15) is 0 Å². The topological polar surface area (TPSA) is 81.3 Å². The fourth-order valence-corrected chi connectivity index (χ4v) is 4.30. The lowest BCUT2D eigenvalue weighted by molar-refractivity contribution is -0.117. The van der Waals surface area contributed by atoms with Crippen molar-refractivity contribution in [1.82, 2.24) is 19.2 Å². The van der Waals surface area contributed by atoms with Crippen molar-refractivity contribution in [1.29, 1.82) is 0 Å². The lowest BCUT2D eigenvalue weighted by Gasteiger charge is -2.05. The maximum absolute atomic E-state index is 13.2. The molecule has 0 saturated heterocycles. The van der Waals surface area contributed by atoms with Gasteiger partial charge in [-0.25, -0.2) is 18.9 Å². The first-order valence-corrected chi connectivity index (χ1v) is 10.9. The molecule has 0 radical (unpaired) electrons. The number of para-hydroxylation sites is 2. The average molecular weight is 442 g/mol. The van der Waals surface area contributed by atoms with Gasteiger partial charge in [0.25, 0.3) is 0 Å². The molecule has 0 aliphatic heterocycles. The van der Waals surface area contributed by atoms with Gasteiger partial charge < -0.3 is 5.32 Å². The Hall–Kier alpha value is -3.91. The summed E-state index contributed by atoms with van der Waals surface area (Å²) in [6, 6.07) is 24.7. The number of aromatic nitrogens is 4. The smallest absolute Gasteiger partial charge is 0.324 e. The summed E-state index contributed by atoms with van der Waals surface area (Å²) in [6.07, 6.45) is 0. The molecule has 0 unspecified atom stereocenters. The highest BCUT2D eigenvalue weighted by atomic mass is 32.2. The lowest BCUT2D eigenvalue weighted by atomic mass is 10.2. The van der Waals surface area contributed by atoms with Crippen LogP contribution in [0.15, 0.2) is 93.6 Å². The summed E-state index contributed by atoms with van der Waals surface area (Å²) >= 11 is 1.43. The predicted molar refractivity (Wildman–Crippen MR) is 125 cm³/mol. The fourth-order valence-electron chi connectivity index (χ4n) is 3.42. The third kappa shape index (κ3) is 3.88. The van der Waals surface area contributed by atoms with Crippen molar-refractivity contribution >= 4 is 40.0 Å². The Morgan fingerprint density at radius 3 is 2.47 bits per heavy atom. The number of aryl methyl sites for hydroxylation is 1. The van der Waals surface area contributed by atoms with Gasteiger partial charge in [-0.1, -0.05) is 59.8 Å². The highest BCUT2D eigenvalue weighted by molar-refractivity contribution is 7.99. The van der Waals surface area contributed by atoms with Crippen LogP contribution >= 0.6 is 11.8 Å². The van der Waals surface area contributed by atoms with Gasteiger partial charge in [-0.05, 0) is 43.3 Å². The zero-order valence-electron chi connectivity index (χ0n) is 17.2. The molecule has 7 nitrogen and oxygen atoms in total. The first-order valence-electron chi connectivity index (χ1n) is 10.1. The summed E-state index contributed by atoms with van der Waals surface area (Å²) in [5.41, 5.74) is 3.14. The van der Waals surface area contributed by atoms with Crippen molar-refractivity contribution < 1.29 is 4.79 Å². The second kappa shape index (κ2) is 8.32. The van der Waals surface area contributed by atoms with Gasteiger partial charge in [0.05, 0.1) is 11.0 Å². The molecule has 0 fully saturated rings. The largest absolute Gasteiger partial charge is 0.351 e. The molecule has 1 N–H and O–H groups in total. The zero-order chi connectivity index (χ0) is 22.1. The van der Waals surface area contributed by atoms with Gasteiger partial charge in [0.15, 0.2) is 5.65 Å². The standard InChI is InChI=1S/C24H19N5O2S/c1-16-11-13-17(14-12-16)25-21(30)15-28-24(31)29-20-10-6-5-9-19(20)26-23(22(29)27-28)32-18-7-3-2-4-8-18/h2-14H,15H2,1H3,(H,25,30). The highest BCUT2D eigenvalue weighted by Gasteiger charge is 2.18. The minimum Gasteiger partial charge on any atom is -0.324 e. The van der Waals surface area contributed by atoms with Gasteiger partial charge in [-0.15, -0.1) is 5.10 Å². The Labute approximate surface area is 187 Å². The Morgan fingerprint density at radius 2 is 1.69 bits per heavy atom. The van der Waals surface area contributed by atoms with Crippen LogP contribution in [0, 0.1) is 6.92 Å². The van der Waals surface area contributed by atoms with Crippen molar-refractivity contribution in [2.24, 2.45) is 0 Å². The molecule has 158 valence electrons. The monoisotopic (exact) mass is 441 g/mol. The van der Waals surface area contributed by atoms with E-state index in [0.29, 0.717) is 27.4 Å². The van der Waals surface area contributed by atoms with Crippen molar-refractivity contribution in [3.8, 4) is 0 Å². The van der Waals surface area contributed by atoms with Crippen LogP contribution in [0.3, 0.4) is 0 Å². The lowest BCUT2D eigenvalue weighted by Crippen LogP contribution is -2.28. The Kier molecular flexibility index (Phi) is 5.20. The average Bonchev–Trinajstić information content (AvgIpc) is 3.13. The van der Waals surface area contributed by atoms with Crippen LogP contribution in [0.4, 0.5) is 5.69 Å². The quantitative estimate of drug-likeness (QED) is 0.443. The number of hydrogen-bond acceptors (Lipinski definition) is 5. The number of carbonyl (C=O) groups excluding carboxylic acids is 1. The number of carbonyl (C=O) groups is 1. The van der Waals surface area contributed by atoms with Crippen LogP contribution in [-0.2, 0) is 11.3 Å². The first-order chi connectivity index (χ1) is 15.6. The molecule has 0 aliphatic carbocycles. The van der Waals surface area contributed by atoms with E-state index in [-0.39, 0.29) is 18.1 Å². The maximum Gasteiger partial charge on any atom is 0.351 e. The normalized spacial score (nSPS) is 11.2. The van der Waals surface area contributed by atoms with E-state index in [2.05, 4.69) is 10.4 Å². The molecule has 1 amide bonds. The second-order valence-corrected chi connectivity index (χ2v) is 8.40. The van der Waals surface area contributed by atoms with E-state index in [0.717, 1.165) is 10.5 Å². The van der Waals surface area contributed by atoms with Crippen LogP contribution in [0.2, 0.25) is 0 Å². The van der Waals surface area contributed by atoms with E-state index in [1.54, 1.807) is 0 Å². The molecule has 0 saturated carbocycles. The molecular formula is C24H19N5O2S. The molecule has 3 aromatic carbocycles. The number of benzene rings is 3. The Bertz CT molecular complexity index is 1490. The zero-order valence-corrected chi connectivity index (χ0v) is 18.0. The Balaban J connectivity index is 1.55. The van der Waals surface area contributed by atoms with E-state index >= 15 is 0 Å². The predicted octanol–water partition coefficient (Wildman–Crippen LogP) is 4.14. The number of rotatable bonds is 5. The van der Waals surface area contributed by atoms with Gasteiger partial charge in [-0.3, -0.25) is 4.79 Å². The molecular weight excluding hydrogens is 422 g/mol. The van der Waals surface area contributed by atoms with Crippen molar-refractivity contribution in [2.75, 3.05) is 5.32 Å². The van der Waals surface area contributed by atoms with Gasteiger partial charge in [0, 0.05) is 10.6 Å². The molecule has 2 heterocycles. The molecule has 0 bridgehead atoms. The third-order valence-electron chi connectivity index (χ3n) is 4.96. The number of hydrogen-bond donors (Lipinski definition) is 1. The molecule has 32 heavy (non-hydrogen) atoms. The van der Waals surface area contributed by atoms with Gasteiger partial charge >= 0.3 is 5.69 Å². The minimum atomic E-state index is -0.382. The number of nitrogens with zero attached hydrogens (tertiary/aromatic N) is 4. The number of anilines is 1. The summed E-state index contributed by atoms with van der Waals surface area (Å²) in [6.45, 7) is 1.78. The molecule has 5 aromatic rings.